The number of aromatic hydroxyl groups is 3. The fourth-order valence-electron chi connectivity index (χ4n) is 2.89. The quantitative estimate of drug-likeness (QED) is 0.623. The van der Waals surface area contributed by atoms with Crippen LogP contribution in [-0.4, -0.2) is 34.1 Å². The number of hydrogen-bond donors (Lipinski definition) is 3. The van der Waals surface area contributed by atoms with Crippen LogP contribution >= 0.6 is 0 Å². The van der Waals surface area contributed by atoms with Gasteiger partial charge in [-0.25, -0.2) is 0 Å². The third kappa shape index (κ3) is 1.86. The Morgan fingerprint density at radius 2 is 1.52 bits per heavy atom. The molecule has 0 unspecified atom stereocenters. The summed E-state index contributed by atoms with van der Waals surface area (Å²) in [6, 6.07) is 3.86. The molecule has 0 saturated carbocycles. The molecule has 3 rings (SSSR count). The lowest BCUT2D eigenvalue weighted by molar-refractivity contribution is 0.372. The van der Waals surface area contributed by atoms with Crippen molar-refractivity contribution in [2.24, 2.45) is 7.05 Å². The molecule has 3 N–H and O–H groups in total. The van der Waals surface area contributed by atoms with E-state index in [-0.39, 0.29) is 45.0 Å². The highest BCUT2D eigenvalue weighted by molar-refractivity contribution is 6.02. The number of phenolic OH excluding ortho intramolecular Hbond substituents is 3. The van der Waals surface area contributed by atoms with E-state index in [4.69, 9.17) is 9.47 Å². The molecule has 2 aromatic carbocycles. The van der Waals surface area contributed by atoms with E-state index in [0.717, 1.165) is 6.07 Å². The van der Waals surface area contributed by atoms with Gasteiger partial charge in [0.25, 0.3) is 0 Å². The molecule has 0 aliphatic heterocycles. The van der Waals surface area contributed by atoms with Crippen LogP contribution in [0, 0.1) is 0 Å². The molecule has 0 amide bonds. The Kier molecular flexibility index (Phi) is 3.21. The molecular weight excluding hydrogens is 302 g/mol. The van der Waals surface area contributed by atoms with Gasteiger partial charge in [0.05, 0.1) is 30.5 Å². The average Bonchev–Trinajstić information content (AvgIpc) is 2.51. The molecule has 0 radical (unpaired) electrons. The summed E-state index contributed by atoms with van der Waals surface area (Å²) in [6.45, 7) is 0. The highest BCUT2D eigenvalue weighted by atomic mass is 16.5. The standard InChI is InChI=1S/C16H15NO6/c1-17-12-7(4-5-8(18)15(12)22-2)14(21)11-9(19)6-10(20)16(23-3)13(11)17/h4-6,18-20H,1-3H3. The molecule has 23 heavy (non-hydrogen) atoms. The topological polar surface area (TPSA) is 101 Å². The van der Waals surface area contributed by atoms with Crippen LogP contribution in [0.1, 0.15) is 0 Å². The number of aromatic nitrogens is 1. The minimum atomic E-state index is -0.456. The number of fused-ring (bicyclic) bond motifs is 2. The third-order valence-electron chi connectivity index (χ3n) is 3.88. The largest absolute Gasteiger partial charge is 0.507 e. The normalized spacial score (nSPS) is 11.1. The maximum Gasteiger partial charge on any atom is 0.201 e. The van der Waals surface area contributed by atoms with Gasteiger partial charge in [0.15, 0.2) is 23.0 Å². The Hall–Kier alpha value is -3.09. The first-order valence-corrected chi connectivity index (χ1v) is 6.73. The third-order valence-corrected chi connectivity index (χ3v) is 3.88. The molecule has 0 atom stereocenters. The number of aryl methyl sites for hydroxylation is 1. The predicted octanol–water partition coefficient (Wildman–Crippen LogP) is 1.83. The van der Waals surface area contributed by atoms with E-state index in [1.165, 1.54) is 30.9 Å². The fourth-order valence-corrected chi connectivity index (χ4v) is 2.89. The van der Waals surface area contributed by atoms with Gasteiger partial charge in [0, 0.05) is 13.1 Å². The number of ether oxygens (including phenoxy) is 2. The number of hydrogen-bond acceptors (Lipinski definition) is 6. The van der Waals surface area contributed by atoms with E-state index in [2.05, 4.69) is 0 Å². The molecule has 1 heterocycles. The van der Waals surface area contributed by atoms with Crippen LogP contribution < -0.4 is 14.9 Å². The highest BCUT2D eigenvalue weighted by Gasteiger charge is 2.22. The fraction of sp³-hybridized carbons (Fsp3) is 0.188. The van der Waals surface area contributed by atoms with Crippen LogP contribution in [0.3, 0.4) is 0 Å². The van der Waals surface area contributed by atoms with Gasteiger partial charge in [-0.1, -0.05) is 0 Å². The first-order valence-electron chi connectivity index (χ1n) is 6.73. The van der Waals surface area contributed by atoms with Crippen LogP contribution in [-0.2, 0) is 7.05 Å². The monoisotopic (exact) mass is 317 g/mol. The van der Waals surface area contributed by atoms with E-state index in [9.17, 15) is 20.1 Å². The van der Waals surface area contributed by atoms with Crippen molar-refractivity contribution in [3.8, 4) is 28.7 Å². The molecule has 7 nitrogen and oxygen atoms in total. The Morgan fingerprint density at radius 1 is 0.913 bits per heavy atom. The molecule has 0 fully saturated rings. The number of benzene rings is 2. The van der Waals surface area contributed by atoms with Crippen molar-refractivity contribution in [2.45, 2.75) is 0 Å². The van der Waals surface area contributed by atoms with Crippen LogP contribution in [0.4, 0.5) is 0 Å². The summed E-state index contributed by atoms with van der Waals surface area (Å²) < 4.78 is 11.9. The summed E-state index contributed by atoms with van der Waals surface area (Å²) in [4.78, 5) is 12.8. The van der Waals surface area contributed by atoms with Crippen molar-refractivity contribution in [1.82, 2.24) is 4.57 Å². The van der Waals surface area contributed by atoms with Crippen molar-refractivity contribution in [3.63, 3.8) is 0 Å². The molecule has 0 aliphatic rings. The minimum absolute atomic E-state index is 0.0161. The molecule has 0 bridgehead atoms. The maximum atomic E-state index is 12.8. The second-order valence-corrected chi connectivity index (χ2v) is 5.07. The lowest BCUT2D eigenvalue weighted by Gasteiger charge is -2.17. The minimum Gasteiger partial charge on any atom is -0.507 e. The molecule has 0 aliphatic carbocycles. The summed E-state index contributed by atoms with van der Waals surface area (Å²) in [5.74, 6) is -0.616. The molecule has 120 valence electrons. The summed E-state index contributed by atoms with van der Waals surface area (Å²) >= 11 is 0. The molecule has 1 aromatic heterocycles. The van der Waals surface area contributed by atoms with Gasteiger partial charge in [-0.3, -0.25) is 4.79 Å². The zero-order valence-corrected chi connectivity index (χ0v) is 12.7. The first kappa shape index (κ1) is 14.8. The Morgan fingerprint density at radius 3 is 2.13 bits per heavy atom. The maximum absolute atomic E-state index is 12.8. The SMILES string of the molecule is COc1c(O)ccc2c(=O)c3c(O)cc(O)c(OC)c3n(C)c12. The van der Waals surface area contributed by atoms with Gasteiger partial charge < -0.3 is 29.4 Å². The molecule has 3 aromatic rings. The Bertz CT molecular complexity index is 1010. The predicted molar refractivity (Wildman–Crippen MR) is 84.8 cm³/mol. The lowest BCUT2D eigenvalue weighted by Crippen LogP contribution is -2.11. The summed E-state index contributed by atoms with van der Waals surface area (Å²) in [5, 5.41) is 30.3. The van der Waals surface area contributed by atoms with Gasteiger partial charge in [0.1, 0.15) is 11.3 Å². The van der Waals surface area contributed by atoms with E-state index >= 15 is 0 Å². The number of rotatable bonds is 2. The van der Waals surface area contributed by atoms with E-state index < -0.39 is 5.43 Å². The van der Waals surface area contributed by atoms with E-state index in [1.54, 1.807) is 7.05 Å². The smallest absolute Gasteiger partial charge is 0.201 e. The Balaban J connectivity index is 2.74. The van der Waals surface area contributed by atoms with Gasteiger partial charge in [0.2, 0.25) is 5.43 Å². The van der Waals surface area contributed by atoms with Gasteiger partial charge >= 0.3 is 0 Å². The number of pyridine rings is 1. The first-order chi connectivity index (χ1) is 10.9. The highest BCUT2D eigenvalue weighted by Crippen LogP contribution is 2.42. The van der Waals surface area contributed by atoms with E-state index in [1.807, 2.05) is 0 Å². The molecule has 7 heteroatoms. The lowest BCUT2D eigenvalue weighted by atomic mass is 10.1. The van der Waals surface area contributed by atoms with Gasteiger partial charge in [-0.2, -0.15) is 0 Å². The van der Waals surface area contributed by atoms with Crippen molar-refractivity contribution in [1.29, 1.82) is 0 Å². The molecule has 0 saturated heterocycles. The summed E-state index contributed by atoms with van der Waals surface area (Å²) in [7, 11) is 4.34. The van der Waals surface area contributed by atoms with Gasteiger partial charge in [-0.05, 0) is 12.1 Å². The van der Waals surface area contributed by atoms with Crippen LogP contribution in [0.25, 0.3) is 21.8 Å². The Labute approximate surface area is 130 Å². The van der Waals surface area contributed by atoms with Crippen LogP contribution in [0.15, 0.2) is 23.0 Å². The number of methoxy groups -OCH3 is 2. The number of nitrogens with zero attached hydrogens (tertiary/aromatic N) is 1. The van der Waals surface area contributed by atoms with Crippen molar-refractivity contribution < 1.29 is 24.8 Å². The van der Waals surface area contributed by atoms with Crippen LogP contribution in [0.5, 0.6) is 28.7 Å². The summed E-state index contributed by atoms with van der Waals surface area (Å²) in [5.41, 5.74) is 0.0712. The van der Waals surface area contributed by atoms with Crippen molar-refractivity contribution in [2.75, 3.05) is 14.2 Å². The molecular formula is C16H15NO6. The zero-order chi connectivity index (χ0) is 16.9. The van der Waals surface area contributed by atoms with Crippen LogP contribution in [0.2, 0.25) is 0 Å². The van der Waals surface area contributed by atoms with Crippen molar-refractivity contribution in [3.05, 3.63) is 28.4 Å². The second kappa shape index (κ2) is 4.98. The van der Waals surface area contributed by atoms with Crippen molar-refractivity contribution >= 4 is 21.8 Å². The molecule has 0 spiro atoms. The average molecular weight is 317 g/mol. The second-order valence-electron chi connectivity index (χ2n) is 5.07. The summed E-state index contributed by atoms with van der Waals surface area (Å²) in [6.07, 6.45) is 0. The zero-order valence-electron chi connectivity index (χ0n) is 12.7. The number of phenols is 3. The van der Waals surface area contributed by atoms with E-state index in [0.29, 0.717) is 5.52 Å². The van der Waals surface area contributed by atoms with Gasteiger partial charge in [-0.15, -0.1) is 0 Å².